The van der Waals surface area contributed by atoms with Gasteiger partial charge < -0.3 is 9.47 Å². The molecule has 0 amide bonds. The molecule has 0 saturated carbocycles. The molecule has 1 atom stereocenters. The van der Waals surface area contributed by atoms with E-state index >= 15 is 0 Å². The standard InChI is InChI=1S/C9H14O5/c1-4-13-8(11)6(3)7(10)9(12)14-5-2/h6H,4-5H2,1-3H3/i3D3. The Morgan fingerprint density at radius 2 is 1.79 bits per heavy atom. The van der Waals surface area contributed by atoms with Crippen molar-refractivity contribution in [2.45, 2.75) is 20.7 Å². The van der Waals surface area contributed by atoms with Crippen LogP contribution in [0.1, 0.15) is 24.8 Å². The zero-order valence-electron chi connectivity index (χ0n) is 11.0. The summed E-state index contributed by atoms with van der Waals surface area (Å²) in [6.07, 6.45) is 0. The quantitative estimate of drug-likeness (QED) is 0.367. The highest BCUT2D eigenvalue weighted by Crippen LogP contribution is 2.02. The lowest BCUT2D eigenvalue weighted by Gasteiger charge is -2.07. The number of hydrogen-bond acceptors (Lipinski definition) is 5. The van der Waals surface area contributed by atoms with Crippen LogP contribution in [0.2, 0.25) is 0 Å². The normalized spacial score (nSPS) is 15.7. The number of carbonyl (C=O) groups excluding carboxylic acids is 3. The van der Waals surface area contributed by atoms with Crippen LogP contribution in [0.25, 0.3) is 0 Å². The summed E-state index contributed by atoms with van der Waals surface area (Å²) in [5.41, 5.74) is 0. The molecule has 5 heteroatoms. The topological polar surface area (TPSA) is 69.7 Å². The maximum absolute atomic E-state index is 11.5. The second-order valence-electron chi connectivity index (χ2n) is 2.27. The fraction of sp³-hybridized carbons (Fsp3) is 0.667. The van der Waals surface area contributed by atoms with Crippen molar-refractivity contribution in [3.8, 4) is 0 Å². The van der Waals surface area contributed by atoms with E-state index in [1.165, 1.54) is 13.8 Å². The van der Waals surface area contributed by atoms with Gasteiger partial charge in [-0.05, 0) is 20.7 Å². The number of ketones is 1. The molecule has 80 valence electrons. The van der Waals surface area contributed by atoms with Crippen molar-refractivity contribution in [3.63, 3.8) is 0 Å². The zero-order valence-corrected chi connectivity index (χ0v) is 8.03. The van der Waals surface area contributed by atoms with Gasteiger partial charge in [-0.2, -0.15) is 0 Å². The first-order chi connectivity index (χ1) is 7.75. The maximum atomic E-state index is 11.5. The number of rotatable bonds is 5. The fourth-order valence-corrected chi connectivity index (χ4v) is 0.653. The summed E-state index contributed by atoms with van der Waals surface area (Å²) < 4.78 is 30.0. The number of carbonyl (C=O) groups is 3. The van der Waals surface area contributed by atoms with E-state index in [9.17, 15) is 14.4 Å². The molecule has 0 aliphatic carbocycles. The van der Waals surface area contributed by atoms with Gasteiger partial charge in [0, 0.05) is 4.11 Å². The molecule has 0 rings (SSSR count). The van der Waals surface area contributed by atoms with Crippen molar-refractivity contribution < 1.29 is 28.0 Å². The molecule has 0 saturated heterocycles. The lowest BCUT2D eigenvalue weighted by molar-refractivity contribution is -0.161. The Bertz CT molecular complexity index is 310. The van der Waals surface area contributed by atoms with Crippen molar-refractivity contribution >= 4 is 17.7 Å². The number of esters is 2. The Labute approximate surface area is 86.6 Å². The van der Waals surface area contributed by atoms with Gasteiger partial charge in [-0.25, -0.2) is 4.79 Å². The molecule has 0 aliphatic rings. The molecule has 0 bridgehead atoms. The molecule has 1 unspecified atom stereocenters. The zero-order chi connectivity index (χ0) is 13.6. The molecule has 0 fully saturated rings. The van der Waals surface area contributed by atoms with Gasteiger partial charge in [-0.1, -0.05) is 0 Å². The molecule has 0 aromatic heterocycles. The molecule has 0 aromatic rings. The Kier molecular flexibility index (Phi) is 3.48. The molecule has 0 radical (unpaired) electrons. The molecule has 14 heavy (non-hydrogen) atoms. The van der Waals surface area contributed by atoms with E-state index in [0.29, 0.717) is 0 Å². The van der Waals surface area contributed by atoms with Crippen LogP contribution >= 0.6 is 0 Å². The Morgan fingerprint density at radius 3 is 2.21 bits per heavy atom. The summed E-state index contributed by atoms with van der Waals surface area (Å²) in [5.74, 6) is -6.13. The van der Waals surface area contributed by atoms with Crippen LogP contribution < -0.4 is 0 Å². The van der Waals surface area contributed by atoms with Gasteiger partial charge in [0.25, 0.3) is 5.78 Å². The van der Waals surface area contributed by atoms with Gasteiger partial charge in [-0.15, -0.1) is 0 Å². The lowest BCUT2D eigenvalue weighted by Crippen LogP contribution is -2.30. The first kappa shape index (κ1) is 7.96. The molecule has 0 aliphatic heterocycles. The van der Waals surface area contributed by atoms with Crippen LogP contribution in [-0.4, -0.2) is 30.9 Å². The molecule has 0 N–H and O–H groups in total. The largest absolute Gasteiger partial charge is 0.465 e. The van der Waals surface area contributed by atoms with Crippen LogP contribution in [0.5, 0.6) is 0 Å². The second-order valence-corrected chi connectivity index (χ2v) is 2.27. The van der Waals surface area contributed by atoms with E-state index in [1.807, 2.05) is 0 Å². The van der Waals surface area contributed by atoms with Gasteiger partial charge in [0.15, 0.2) is 0 Å². The third-order valence-corrected chi connectivity index (χ3v) is 1.26. The third-order valence-electron chi connectivity index (χ3n) is 1.26. The maximum Gasteiger partial charge on any atom is 0.375 e. The van der Waals surface area contributed by atoms with Crippen LogP contribution in [-0.2, 0) is 23.9 Å². The Hall–Kier alpha value is -1.39. The minimum atomic E-state index is -2.93. The van der Waals surface area contributed by atoms with E-state index in [1.54, 1.807) is 0 Å². The van der Waals surface area contributed by atoms with E-state index in [0.717, 1.165) is 0 Å². The first-order valence-corrected chi connectivity index (χ1v) is 4.13. The van der Waals surface area contributed by atoms with Crippen LogP contribution in [0.3, 0.4) is 0 Å². The smallest absolute Gasteiger partial charge is 0.375 e. The van der Waals surface area contributed by atoms with Crippen molar-refractivity contribution in [1.29, 1.82) is 0 Å². The van der Waals surface area contributed by atoms with Gasteiger partial charge >= 0.3 is 11.9 Å². The highest BCUT2D eigenvalue weighted by Gasteiger charge is 2.29. The minimum Gasteiger partial charge on any atom is -0.465 e. The average molecular weight is 205 g/mol. The molecular formula is C9H14O5. The van der Waals surface area contributed by atoms with E-state index in [2.05, 4.69) is 9.47 Å². The van der Waals surface area contributed by atoms with Gasteiger partial charge in [0.1, 0.15) is 5.92 Å². The predicted octanol–water partition coefficient (Wildman–Crippen LogP) is 0.318. The third kappa shape index (κ3) is 3.55. The molecule has 0 aromatic carbocycles. The number of Topliss-reactive ketones (excluding diaryl/α,β-unsaturated/α-hetero) is 1. The predicted molar refractivity (Wildman–Crippen MR) is 47.4 cm³/mol. The van der Waals surface area contributed by atoms with Crippen LogP contribution in [0.4, 0.5) is 0 Å². The van der Waals surface area contributed by atoms with E-state index < -0.39 is 30.5 Å². The SMILES string of the molecule is [2H]C([2H])([2H])C(C(=O)OCC)C(=O)C(=O)OCC. The van der Waals surface area contributed by atoms with Crippen molar-refractivity contribution in [2.24, 2.45) is 5.92 Å². The molecule has 5 nitrogen and oxygen atoms in total. The molecule has 0 heterocycles. The highest BCUT2D eigenvalue weighted by atomic mass is 16.5. The van der Waals surface area contributed by atoms with Crippen LogP contribution in [0.15, 0.2) is 0 Å². The average Bonchev–Trinajstić information content (AvgIpc) is 2.16. The van der Waals surface area contributed by atoms with Crippen molar-refractivity contribution in [3.05, 3.63) is 0 Å². The van der Waals surface area contributed by atoms with Crippen molar-refractivity contribution in [1.82, 2.24) is 0 Å². The summed E-state index contributed by atoms with van der Waals surface area (Å²) in [6, 6.07) is 0. The second kappa shape index (κ2) is 6.12. The summed E-state index contributed by atoms with van der Waals surface area (Å²) >= 11 is 0. The van der Waals surface area contributed by atoms with E-state index in [-0.39, 0.29) is 13.2 Å². The summed E-state index contributed by atoms with van der Waals surface area (Å²) in [7, 11) is 0. The minimum absolute atomic E-state index is 0.0818. The van der Waals surface area contributed by atoms with E-state index in [4.69, 9.17) is 4.11 Å². The summed E-state index contributed by atoms with van der Waals surface area (Å²) in [4.78, 5) is 33.9. The molecular weight excluding hydrogens is 188 g/mol. The summed E-state index contributed by atoms with van der Waals surface area (Å²) in [6.45, 7) is -0.179. The summed E-state index contributed by atoms with van der Waals surface area (Å²) in [5, 5.41) is 0. The van der Waals surface area contributed by atoms with Crippen LogP contribution in [0, 0.1) is 5.92 Å². The van der Waals surface area contributed by atoms with Crippen molar-refractivity contribution in [2.75, 3.05) is 13.2 Å². The number of ether oxygens (including phenoxy) is 2. The Morgan fingerprint density at radius 1 is 1.21 bits per heavy atom. The van der Waals surface area contributed by atoms with Gasteiger partial charge in [0.05, 0.1) is 13.2 Å². The monoisotopic (exact) mass is 205 g/mol. The lowest BCUT2D eigenvalue weighted by atomic mass is 10.1. The van der Waals surface area contributed by atoms with Gasteiger partial charge in [0.2, 0.25) is 0 Å². The fourth-order valence-electron chi connectivity index (χ4n) is 0.653. The van der Waals surface area contributed by atoms with Gasteiger partial charge in [-0.3, -0.25) is 9.59 Å². The molecule has 0 spiro atoms. The first-order valence-electron chi connectivity index (χ1n) is 5.63. The Balaban J connectivity index is 5.00. The number of hydrogen-bond donors (Lipinski definition) is 0. The highest BCUT2D eigenvalue weighted by molar-refractivity contribution is 6.37.